The molecule has 0 heterocycles. The van der Waals surface area contributed by atoms with Gasteiger partial charge >= 0.3 is 5.97 Å². The van der Waals surface area contributed by atoms with E-state index in [0.717, 1.165) is 0 Å². The summed E-state index contributed by atoms with van der Waals surface area (Å²) >= 11 is 0. The number of hydrogen-bond donors (Lipinski definition) is 1. The van der Waals surface area contributed by atoms with Crippen molar-refractivity contribution in [3.8, 4) is 0 Å². The second-order valence-corrected chi connectivity index (χ2v) is 3.42. The highest BCUT2D eigenvalue weighted by Crippen LogP contribution is 1.94. The number of rotatable bonds is 9. The molecule has 0 aliphatic carbocycles. The summed E-state index contributed by atoms with van der Waals surface area (Å²) in [6.07, 6.45) is 0.0515. The number of carbonyl (C=O) groups is 2. The standard InChI is InChI=1S/C11H21NO5/c1-4-17-11(14)6-5-10(13)12-7-9(16-3)8-15-2/h9H,4-8H2,1-3H3,(H,12,13). The summed E-state index contributed by atoms with van der Waals surface area (Å²) in [5, 5.41) is 2.66. The molecule has 0 radical (unpaired) electrons. The van der Waals surface area contributed by atoms with Crippen LogP contribution in [-0.4, -0.2) is 52.0 Å². The maximum Gasteiger partial charge on any atom is 0.306 e. The van der Waals surface area contributed by atoms with Gasteiger partial charge < -0.3 is 19.5 Å². The van der Waals surface area contributed by atoms with E-state index < -0.39 is 0 Å². The Kier molecular flexibility index (Phi) is 9.37. The molecule has 0 aromatic heterocycles. The number of ether oxygens (including phenoxy) is 3. The van der Waals surface area contributed by atoms with Gasteiger partial charge in [-0.1, -0.05) is 0 Å². The minimum absolute atomic E-state index is 0.0988. The van der Waals surface area contributed by atoms with E-state index in [4.69, 9.17) is 14.2 Å². The van der Waals surface area contributed by atoms with Crippen LogP contribution in [0.4, 0.5) is 0 Å². The Hall–Kier alpha value is -1.14. The van der Waals surface area contributed by atoms with Crippen molar-refractivity contribution in [2.75, 3.05) is 34.0 Å². The van der Waals surface area contributed by atoms with E-state index >= 15 is 0 Å². The number of amides is 1. The average Bonchev–Trinajstić information content (AvgIpc) is 2.32. The van der Waals surface area contributed by atoms with Gasteiger partial charge in [0.2, 0.25) is 5.91 Å². The SMILES string of the molecule is CCOC(=O)CCC(=O)NCC(COC)OC. The molecule has 0 fully saturated rings. The molecule has 0 saturated carbocycles. The first-order valence-corrected chi connectivity index (χ1v) is 5.58. The van der Waals surface area contributed by atoms with Gasteiger partial charge in [-0.2, -0.15) is 0 Å². The van der Waals surface area contributed by atoms with Crippen LogP contribution in [0.1, 0.15) is 19.8 Å². The van der Waals surface area contributed by atoms with Crippen LogP contribution in [0.25, 0.3) is 0 Å². The predicted octanol–water partition coefficient (Wildman–Crippen LogP) is 0.107. The van der Waals surface area contributed by atoms with Gasteiger partial charge in [-0.15, -0.1) is 0 Å². The van der Waals surface area contributed by atoms with E-state index in [0.29, 0.717) is 19.8 Å². The highest BCUT2D eigenvalue weighted by molar-refractivity contribution is 5.81. The smallest absolute Gasteiger partial charge is 0.306 e. The maximum absolute atomic E-state index is 11.4. The fourth-order valence-electron chi connectivity index (χ4n) is 1.16. The van der Waals surface area contributed by atoms with Crippen LogP contribution in [0.2, 0.25) is 0 Å². The molecular formula is C11H21NO5. The molecule has 0 saturated heterocycles. The lowest BCUT2D eigenvalue weighted by molar-refractivity contribution is -0.144. The summed E-state index contributed by atoms with van der Waals surface area (Å²) in [6.45, 7) is 2.84. The van der Waals surface area contributed by atoms with E-state index in [-0.39, 0.29) is 30.8 Å². The van der Waals surface area contributed by atoms with Gasteiger partial charge in [0.15, 0.2) is 0 Å². The highest BCUT2D eigenvalue weighted by Gasteiger charge is 2.10. The number of esters is 1. The Balaban J connectivity index is 3.67. The first-order chi connectivity index (χ1) is 8.13. The van der Waals surface area contributed by atoms with Crippen molar-refractivity contribution in [2.24, 2.45) is 0 Å². The molecule has 1 N–H and O–H groups in total. The fraction of sp³-hybridized carbons (Fsp3) is 0.818. The predicted molar refractivity (Wildman–Crippen MR) is 61.5 cm³/mol. The van der Waals surface area contributed by atoms with Gasteiger partial charge in [-0.25, -0.2) is 0 Å². The van der Waals surface area contributed by atoms with Gasteiger partial charge in [0, 0.05) is 27.2 Å². The quantitative estimate of drug-likeness (QED) is 0.585. The van der Waals surface area contributed by atoms with E-state index in [1.54, 1.807) is 21.1 Å². The first kappa shape index (κ1) is 15.9. The number of carbonyl (C=O) groups excluding carboxylic acids is 2. The number of nitrogens with one attached hydrogen (secondary N) is 1. The van der Waals surface area contributed by atoms with Gasteiger partial charge in [0.05, 0.1) is 25.7 Å². The molecule has 6 nitrogen and oxygen atoms in total. The van der Waals surface area contributed by atoms with Crippen molar-refractivity contribution in [2.45, 2.75) is 25.9 Å². The average molecular weight is 247 g/mol. The van der Waals surface area contributed by atoms with Crippen LogP contribution < -0.4 is 5.32 Å². The minimum atomic E-state index is -0.358. The van der Waals surface area contributed by atoms with Gasteiger partial charge in [-0.3, -0.25) is 9.59 Å². The molecule has 0 rings (SSSR count). The second-order valence-electron chi connectivity index (χ2n) is 3.42. The molecular weight excluding hydrogens is 226 g/mol. The maximum atomic E-state index is 11.4. The van der Waals surface area contributed by atoms with E-state index in [9.17, 15) is 9.59 Å². The van der Waals surface area contributed by atoms with Crippen molar-refractivity contribution in [1.82, 2.24) is 5.32 Å². The Morgan fingerprint density at radius 2 is 1.94 bits per heavy atom. The Labute approximate surface area is 102 Å². The molecule has 1 unspecified atom stereocenters. The summed E-state index contributed by atoms with van der Waals surface area (Å²) in [5.41, 5.74) is 0. The molecule has 17 heavy (non-hydrogen) atoms. The van der Waals surface area contributed by atoms with Crippen molar-refractivity contribution in [3.05, 3.63) is 0 Å². The van der Waals surface area contributed by atoms with Crippen molar-refractivity contribution >= 4 is 11.9 Å². The van der Waals surface area contributed by atoms with Crippen LogP contribution in [0.3, 0.4) is 0 Å². The zero-order valence-corrected chi connectivity index (χ0v) is 10.7. The van der Waals surface area contributed by atoms with Crippen LogP contribution in [-0.2, 0) is 23.8 Å². The monoisotopic (exact) mass is 247 g/mol. The van der Waals surface area contributed by atoms with Gasteiger partial charge in [0.25, 0.3) is 0 Å². The van der Waals surface area contributed by atoms with Crippen molar-refractivity contribution in [1.29, 1.82) is 0 Å². The zero-order chi connectivity index (χ0) is 13.1. The summed E-state index contributed by atoms with van der Waals surface area (Å²) < 4.78 is 14.7. The van der Waals surface area contributed by atoms with Crippen LogP contribution in [0, 0.1) is 0 Å². The third-order valence-electron chi connectivity index (χ3n) is 2.07. The molecule has 0 aromatic rings. The van der Waals surface area contributed by atoms with Crippen LogP contribution in [0.5, 0.6) is 0 Å². The lowest BCUT2D eigenvalue weighted by atomic mass is 10.3. The van der Waals surface area contributed by atoms with E-state index in [2.05, 4.69) is 5.32 Å². The van der Waals surface area contributed by atoms with E-state index in [1.807, 2.05) is 0 Å². The lowest BCUT2D eigenvalue weighted by Crippen LogP contribution is -2.35. The summed E-state index contributed by atoms with van der Waals surface area (Å²) in [7, 11) is 3.11. The Bertz CT molecular complexity index is 232. The largest absolute Gasteiger partial charge is 0.466 e. The normalized spacial score (nSPS) is 11.9. The minimum Gasteiger partial charge on any atom is -0.466 e. The third kappa shape index (κ3) is 8.65. The number of methoxy groups -OCH3 is 2. The molecule has 0 aliphatic heterocycles. The molecule has 1 amide bonds. The van der Waals surface area contributed by atoms with Crippen molar-refractivity contribution in [3.63, 3.8) is 0 Å². The summed E-state index contributed by atoms with van der Waals surface area (Å²) in [4.78, 5) is 22.4. The zero-order valence-electron chi connectivity index (χ0n) is 10.7. The van der Waals surface area contributed by atoms with Gasteiger partial charge in [0.1, 0.15) is 0 Å². The summed E-state index contributed by atoms with van der Waals surface area (Å²) in [5.74, 6) is -0.556. The highest BCUT2D eigenvalue weighted by atomic mass is 16.5. The molecule has 6 heteroatoms. The van der Waals surface area contributed by atoms with Crippen LogP contribution >= 0.6 is 0 Å². The molecule has 1 atom stereocenters. The van der Waals surface area contributed by atoms with Crippen LogP contribution in [0.15, 0.2) is 0 Å². The Morgan fingerprint density at radius 3 is 2.47 bits per heavy atom. The molecule has 0 bridgehead atoms. The second kappa shape index (κ2) is 10.0. The first-order valence-electron chi connectivity index (χ1n) is 5.58. The summed E-state index contributed by atoms with van der Waals surface area (Å²) in [6, 6.07) is 0. The molecule has 0 aromatic carbocycles. The van der Waals surface area contributed by atoms with Gasteiger partial charge in [-0.05, 0) is 6.92 Å². The molecule has 0 spiro atoms. The number of hydrogen-bond acceptors (Lipinski definition) is 5. The molecule has 100 valence electrons. The third-order valence-corrected chi connectivity index (χ3v) is 2.07. The fourth-order valence-corrected chi connectivity index (χ4v) is 1.16. The van der Waals surface area contributed by atoms with Crippen molar-refractivity contribution < 1.29 is 23.8 Å². The topological polar surface area (TPSA) is 73.9 Å². The molecule has 0 aliphatic rings. The van der Waals surface area contributed by atoms with E-state index in [1.165, 1.54) is 0 Å². The Morgan fingerprint density at radius 1 is 1.24 bits per heavy atom. The lowest BCUT2D eigenvalue weighted by Gasteiger charge is -2.14.